The molecular formula is C15H27N7O2. The fourth-order valence-electron chi connectivity index (χ4n) is 2.59. The fraction of sp³-hybridized carbons (Fsp3) is 0.733. The van der Waals surface area contributed by atoms with Crippen LogP contribution in [0.1, 0.15) is 38.9 Å². The van der Waals surface area contributed by atoms with Gasteiger partial charge in [0.2, 0.25) is 5.91 Å². The molecule has 134 valence electrons. The van der Waals surface area contributed by atoms with E-state index in [4.69, 9.17) is 0 Å². The first-order valence-corrected chi connectivity index (χ1v) is 8.08. The minimum atomic E-state index is -0.284. The van der Waals surface area contributed by atoms with Crippen LogP contribution in [0, 0.1) is 0 Å². The summed E-state index contributed by atoms with van der Waals surface area (Å²) in [7, 11) is 3.35. The van der Waals surface area contributed by atoms with Gasteiger partial charge in [-0.2, -0.15) is 0 Å². The number of amides is 3. The van der Waals surface area contributed by atoms with Crippen molar-refractivity contribution in [1.82, 2.24) is 35.8 Å². The maximum absolute atomic E-state index is 12.1. The molecule has 0 spiro atoms. The summed E-state index contributed by atoms with van der Waals surface area (Å²) in [6.07, 6.45) is 2.50. The van der Waals surface area contributed by atoms with Crippen LogP contribution in [0.2, 0.25) is 0 Å². The van der Waals surface area contributed by atoms with Gasteiger partial charge in [-0.05, 0) is 27.2 Å². The second kappa shape index (κ2) is 7.16. The van der Waals surface area contributed by atoms with E-state index in [9.17, 15) is 9.59 Å². The Morgan fingerprint density at radius 1 is 1.46 bits per heavy atom. The highest BCUT2D eigenvalue weighted by Gasteiger charge is 2.30. The monoisotopic (exact) mass is 337 g/mol. The Bertz CT molecular complexity index is 593. The van der Waals surface area contributed by atoms with E-state index in [1.165, 1.54) is 0 Å². The van der Waals surface area contributed by atoms with Crippen LogP contribution in [0.5, 0.6) is 0 Å². The molecule has 1 fully saturated rings. The minimum absolute atomic E-state index is 0.0172. The number of nitrogens with one attached hydrogen (secondary N) is 3. The number of aromatic nitrogens is 3. The van der Waals surface area contributed by atoms with Crippen LogP contribution in [0.25, 0.3) is 0 Å². The Hall–Kier alpha value is -2.16. The number of urea groups is 1. The Labute approximate surface area is 142 Å². The summed E-state index contributed by atoms with van der Waals surface area (Å²) in [5.41, 5.74) is 0.429. The second-order valence-corrected chi connectivity index (χ2v) is 7.19. The lowest BCUT2D eigenvalue weighted by atomic mass is 10.1. The summed E-state index contributed by atoms with van der Waals surface area (Å²) in [6, 6.07) is -0.269. The zero-order chi connectivity index (χ0) is 17.9. The van der Waals surface area contributed by atoms with Crippen molar-refractivity contribution >= 4 is 11.9 Å². The van der Waals surface area contributed by atoms with Gasteiger partial charge in [-0.1, -0.05) is 5.21 Å². The highest BCUT2D eigenvalue weighted by molar-refractivity contribution is 5.81. The fourth-order valence-corrected chi connectivity index (χ4v) is 2.59. The SMILES string of the molecule is CNC(=O)[C@@H]1C[C@@H](n2cc(CN(C)C(=O)NC(C)(C)C)nn2)CN1. The van der Waals surface area contributed by atoms with Crippen LogP contribution in [0.15, 0.2) is 6.20 Å². The van der Waals surface area contributed by atoms with Gasteiger partial charge in [0.1, 0.15) is 5.69 Å². The molecule has 2 heterocycles. The lowest BCUT2D eigenvalue weighted by molar-refractivity contribution is -0.122. The summed E-state index contributed by atoms with van der Waals surface area (Å²) >= 11 is 0. The molecule has 9 nitrogen and oxygen atoms in total. The standard InChI is InChI=1S/C15H27N7O2/c1-15(2,3)18-14(24)21(5)8-10-9-22(20-19-10)11-6-12(17-7-11)13(23)16-4/h9,11-12,17H,6-8H2,1-5H3,(H,16,23)(H,18,24)/t11-,12+/m1/s1. The first-order valence-electron chi connectivity index (χ1n) is 8.08. The summed E-state index contributed by atoms with van der Waals surface area (Å²) in [5.74, 6) is -0.0172. The van der Waals surface area contributed by atoms with Crippen molar-refractivity contribution in [2.45, 2.75) is 51.4 Å². The molecule has 1 aliphatic rings. The van der Waals surface area contributed by atoms with E-state index in [2.05, 4.69) is 26.3 Å². The molecule has 2 atom stereocenters. The number of hydrogen-bond donors (Lipinski definition) is 3. The van der Waals surface area contributed by atoms with E-state index < -0.39 is 0 Å². The van der Waals surface area contributed by atoms with Gasteiger partial charge in [-0.15, -0.1) is 5.10 Å². The highest BCUT2D eigenvalue weighted by Crippen LogP contribution is 2.19. The number of carbonyl (C=O) groups excluding carboxylic acids is 2. The topological polar surface area (TPSA) is 104 Å². The molecule has 24 heavy (non-hydrogen) atoms. The van der Waals surface area contributed by atoms with Gasteiger partial charge in [0, 0.05) is 26.2 Å². The normalized spacial score (nSPS) is 20.7. The summed E-state index contributed by atoms with van der Waals surface area (Å²) in [6.45, 7) is 6.85. The van der Waals surface area contributed by atoms with Crippen molar-refractivity contribution in [2.75, 3.05) is 20.6 Å². The zero-order valence-corrected chi connectivity index (χ0v) is 15.0. The minimum Gasteiger partial charge on any atom is -0.358 e. The van der Waals surface area contributed by atoms with Crippen LogP contribution in [-0.2, 0) is 11.3 Å². The van der Waals surface area contributed by atoms with Crippen molar-refractivity contribution in [3.05, 3.63) is 11.9 Å². The van der Waals surface area contributed by atoms with Crippen LogP contribution in [-0.4, -0.2) is 64.1 Å². The molecule has 0 radical (unpaired) electrons. The smallest absolute Gasteiger partial charge is 0.317 e. The predicted octanol–water partition coefficient (Wildman–Crippen LogP) is -0.133. The predicted molar refractivity (Wildman–Crippen MR) is 89.3 cm³/mol. The van der Waals surface area contributed by atoms with E-state index in [0.29, 0.717) is 25.2 Å². The molecule has 1 aromatic heterocycles. The number of likely N-dealkylation sites (N-methyl/N-ethyl adjacent to an activating group) is 1. The van der Waals surface area contributed by atoms with Gasteiger partial charge in [-0.25, -0.2) is 9.48 Å². The molecule has 0 bridgehead atoms. The van der Waals surface area contributed by atoms with Crippen LogP contribution >= 0.6 is 0 Å². The Balaban J connectivity index is 1.92. The Morgan fingerprint density at radius 3 is 2.79 bits per heavy atom. The highest BCUT2D eigenvalue weighted by atomic mass is 16.2. The molecule has 1 aromatic rings. The maximum Gasteiger partial charge on any atom is 0.317 e. The summed E-state index contributed by atoms with van der Waals surface area (Å²) < 4.78 is 1.76. The zero-order valence-electron chi connectivity index (χ0n) is 15.0. The molecule has 0 aromatic carbocycles. The third-order valence-electron chi connectivity index (χ3n) is 3.83. The quantitative estimate of drug-likeness (QED) is 0.710. The van der Waals surface area contributed by atoms with Crippen molar-refractivity contribution in [1.29, 1.82) is 0 Å². The van der Waals surface area contributed by atoms with Crippen molar-refractivity contribution in [3.8, 4) is 0 Å². The molecule has 0 unspecified atom stereocenters. The largest absolute Gasteiger partial charge is 0.358 e. The average Bonchev–Trinajstić information content (AvgIpc) is 3.13. The van der Waals surface area contributed by atoms with Gasteiger partial charge in [-0.3, -0.25) is 4.79 Å². The van der Waals surface area contributed by atoms with E-state index in [1.807, 2.05) is 27.0 Å². The lowest BCUT2D eigenvalue weighted by Gasteiger charge is -2.25. The van der Waals surface area contributed by atoms with Gasteiger partial charge in [0.25, 0.3) is 0 Å². The van der Waals surface area contributed by atoms with Crippen LogP contribution in [0.3, 0.4) is 0 Å². The average molecular weight is 337 g/mol. The van der Waals surface area contributed by atoms with Gasteiger partial charge >= 0.3 is 6.03 Å². The van der Waals surface area contributed by atoms with Crippen molar-refractivity contribution in [3.63, 3.8) is 0 Å². The second-order valence-electron chi connectivity index (χ2n) is 7.19. The number of carbonyl (C=O) groups is 2. The summed E-state index contributed by atoms with van der Waals surface area (Å²) in [4.78, 5) is 25.3. The van der Waals surface area contributed by atoms with Gasteiger partial charge in [0.15, 0.2) is 0 Å². The lowest BCUT2D eigenvalue weighted by Crippen LogP contribution is -2.46. The molecule has 0 saturated carbocycles. The molecule has 3 N–H and O–H groups in total. The van der Waals surface area contributed by atoms with Crippen LogP contribution < -0.4 is 16.0 Å². The molecule has 1 aliphatic heterocycles. The van der Waals surface area contributed by atoms with Crippen LogP contribution in [0.4, 0.5) is 4.79 Å². The molecule has 1 saturated heterocycles. The number of nitrogens with zero attached hydrogens (tertiary/aromatic N) is 4. The number of rotatable bonds is 4. The van der Waals surface area contributed by atoms with E-state index >= 15 is 0 Å². The number of hydrogen-bond acceptors (Lipinski definition) is 5. The van der Waals surface area contributed by atoms with Crippen molar-refractivity contribution < 1.29 is 9.59 Å². The molecule has 0 aliphatic carbocycles. The molecule has 2 rings (SSSR count). The van der Waals surface area contributed by atoms with E-state index in [-0.39, 0.29) is 29.6 Å². The first kappa shape index (κ1) is 18.2. The van der Waals surface area contributed by atoms with Gasteiger partial charge < -0.3 is 20.9 Å². The maximum atomic E-state index is 12.1. The third-order valence-corrected chi connectivity index (χ3v) is 3.83. The third kappa shape index (κ3) is 4.67. The molecular weight excluding hydrogens is 310 g/mol. The Morgan fingerprint density at radius 2 is 2.17 bits per heavy atom. The van der Waals surface area contributed by atoms with E-state index in [1.54, 1.807) is 23.7 Å². The van der Waals surface area contributed by atoms with Crippen molar-refractivity contribution in [2.24, 2.45) is 0 Å². The first-order chi connectivity index (χ1) is 11.2. The Kier molecular flexibility index (Phi) is 5.43. The van der Waals surface area contributed by atoms with E-state index in [0.717, 1.165) is 0 Å². The molecule has 3 amide bonds. The summed E-state index contributed by atoms with van der Waals surface area (Å²) in [5, 5.41) is 17.0. The molecule has 9 heteroatoms. The van der Waals surface area contributed by atoms with Gasteiger partial charge in [0.05, 0.1) is 24.8 Å².